The van der Waals surface area contributed by atoms with E-state index >= 15 is 0 Å². The van der Waals surface area contributed by atoms with Gasteiger partial charge < -0.3 is 4.57 Å². The molecular weight excluding hydrogens is 480 g/mol. The van der Waals surface area contributed by atoms with Crippen molar-refractivity contribution in [2.75, 3.05) is 0 Å². The number of aryl methyl sites for hydroxylation is 1. The van der Waals surface area contributed by atoms with Gasteiger partial charge in [-0.2, -0.15) is 0 Å². The van der Waals surface area contributed by atoms with Crippen molar-refractivity contribution in [3.05, 3.63) is 100 Å². The summed E-state index contributed by atoms with van der Waals surface area (Å²) in [6, 6.07) is 7.65. The molecule has 5 aromatic rings. The molecule has 0 aliphatic rings. The Kier molecular flexibility index (Phi) is 5.26. The third-order valence-corrected chi connectivity index (χ3v) is 5.89. The Labute approximate surface area is 192 Å². The van der Waals surface area contributed by atoms with E-state index in [0.717, 1.165) is 12.1 Å². The van der Waals surface area contributed by atoms with Crippen LogP contribution in [0, 0.1) is 53.5 Å². The Bertz CT molecular complexity index is 1620. The molecule has 178 valence electrons. The van der Waals surface area contributed by atoms with Gasteiger partial charge in [0.1, 0.15) is 0 Å². The molecule has 0 unspecified atom stereocenters. The number of hydrogen-bond donors (Lipinski definition) is 0. The van der Waals surface area contributed by atoms with Crippen molar-refractivity contribution in [2.45, 2.75) is 13.5 Å². The number of benzene rings is 3. The van der Waals surface area contributed by atoms with E-state index in [0.29, 0.717) is 33.1 Å². The van der Waals surface area contributed by atoms with Gasteiger partial charge in [-0.15, -0.1) is 0 Å². The molecule has 0 saturated heterocycles. The average Bonchev–Trinajstić information content (AvgIpc) is 3.16. The van der Waals surface area contributed by atoms with Crippen molar-refractivity contribution in [1.29, 1.82) is 0 Å². The summed E-state index contributed by atoms with van der Waals surface area (Å²) in [7, 11) is 0. The van der Waals surface area contributed by atoms with E-state index in [1.807, 2.05) is 0 Å². The third kappa shape index (κ3) is 3.43. The van der Waals surface area contributed by atoms with Crippen LogP contribution in [-0.4, -0.2) is 9.55 Å². The molecule has 0 saturated carbocycles. The highest BCUT2D eigenvalue weighted by atomic mass is 19.2. The molecule has 0 fully saturated rings. The smallest absolute Gasteiger partial charge is 0.200 e. The summed E-state index contributed by atoms with van der Waals surface area (Å²) in [5.74, 6) is -14.7. The fraction of sp³-hybridized carbons (Fsp3) is 0.0800. The summed E-state index contributed by atoms with van der Waals surface area (Å²) in [4.78, 5) is 4.16. The molecule has 3 aromatic carbocycles. The second-order valence-electron chi connectivity index (χ2n) is 7.91. The summed E-state index contributed by atoms with van der Waals surface area (Å²) < 4.78 is 112. The Hall–Kier alpha value is -3.95. The summed E-state index contributed by atoms with van der Waals surface area (Å²) in [6.07, 6.45) is 1.46. The van der Waals surface area contributed by atoms with E-state index in [-0.39, 0.29) is 5.56 Å². The fourth-order valence-corrected chi connectivity index (χ4v) is 4.24. The van der Waals surface area contributed by atoms with Gasteiger partial charge in [0.25, 0.3) is 0 Å². The Balaban J connectivity index is 1.77. The SMILES string of the molecule is Cc1nccc2c3cc(-c4cc(F)c(F)c(F)c4)ccc3n(Cc3c(F)c(F)c(F)c(F)c3F)c12. The van der Waals surface area contributed by atoms with Crippen LogP contribution >= 0.6 is 0 Å². The van der Waals surface area contributed by atoms with Gasteiger partial charge in [0, 0.05) is 28.0 Å². The van der Waals surface area contributed by atoms with Gasteiger partial charge in [0.05, 0.1) is 17.8 Å². The van der Waals surface area contributed by atoms with Crippen molar-refractivity contribution in [2.24, 2.45) is 0 Å². The van der Waals surface area contributed by atoms with Crippen LogP contribution in [0.2, 0.25) is 0 Å². The first-order chi connectivity index (χ1) is 16.6. The monoisotopic (exact) mass is 492 g/mol. The quantitative estimate of drug-likeness (QED) is 0.147. The zero-order chi connectivity index (χ0) is 25.2. The van der Waals surface area contributed by atoms with Gasteiger partial charge in [-0.25, -0.2) is 35.1 Å². The molecule has 0 aliphatic carbocycles. The normalized spacial score (nSPS) is 11.7. The third-order valence-electron chi connectivity index (χ3n) is 5.89. The molecular formula is C25H12F8N2. The lowest BCUT2D eigenvalue weighted by atomic mass is 10.0. The van der Waals surface area contributed by atoms with Crippen LogP contribution in [0.25, 0.3) is 32.9 Å². The molecule has 0 atom stereocenters. The first-order valence-corrected chi connectivity index (χ1v) is 10.1. The Morgan fingerprint density at radius 1 is 0.657 bits per heavy atom. The minimum atomic E-state index is -2.26. The van der Waals surface area contributed by atoms with Crippen LogP contribution in [0.5, 0.6) is 0 Å². The van der Waals surface area contributed by atoms with Crippen molar-refractivity contribution in [1.82, 2.24) is 9.55 Å². The summed E-state index contributed by atoms with van der Waals surface area (Å²) in [5, 5.41) is 0.971. The molecule has 0 amide bonds. The highest BCUT2D eigenvalue weighted by molar-refractivity contribution is 6.10. The summed E-state index contributed by atoms with van der Waals surface area (Å²) >= 11 is 0. The molecule has 5 rings (SSSR count). The summed E-state index contributed by atoms with van der Waals surface area (Å²) in [6.45, 7) is 0.888. The number of rotatable bonds is 3. The topological polar surface area (TPSA) is 17.8 Å². The second kappa shape index (κ2) is 8.07. The van der Waals surface area contributed by atoms with Crippen molar-refractivity contribution in [3.8, 4) is 11.1 Å². The van der Waals surface area contributed by atoms with Crippen LogP contribution in [0.4, 0.5) is 35.1 Å². The molecule has 0 N–H and O–H groups in total. The molecule has 10 heteroatoms. The number of aromatic nitrogens is 2. The minimum Gasteiger partial charge on any atom is -0.334 e. The van der Waals surface area contributed by atoms with Gasteiger partial charge in [0.15, 0.2) is 40.7 Å². The standard InChI is InChI=1S/C25H12F8N2/c1-10-25-13(4-5-34-10)14-6-11(12-7-16(26)21(30)17(27)8-12)2-3-18(14)35(25)9-15-19(28)22(31)24(33)23(32)20(15)29/h2-8H,9H2,1H3. The molecule has 2 nitrogen and oxygen atoms in total. The molecule has 0 radical (unpaired) electrons. The molecule has 2 aromatic heterocycles. The lowest BCUT2D eigenvalue weighted by Crippen LogP contribution is -2.11. The first-order valence-electron chi connectivity index (χ1n) is 10.1. The van der Waals surface area contributed by atoms with Gasteiger partial charge in [0.2, 0.25) is 5.82 Å². The number of halogens is 8. The van der Waals surface area contributed by atoms with E-state index in [1.54, 1.807) is 13.0 Å². The predicted octanol–water partition coefficient (Wildman–Crippen LogP) is 7.33. The Morgan fingerprint density at radius 2 is 1.26 bits per heavy atom. The number of fused-ring (bicyclic) bond motifs is 3. The van der Waals surface area contributed by atoms with Crippen molar-refractivity contribution >= 4 is 21.8 Å². The van der Waals surface area contributed by atoms with Crippen LogP contribution < -0.4 is 0 Å². The van der Waals surface area contributed by atoms with Gasteiger partial charge in [-0.3, -0.25) is 4.98 Å². The maximum atomic E-state index is 14.4. The van der Waals surface area contributed by atoms with Gasteiger partial charge in [-0.05, 0) is 48.4 Å². The number of hydrogen-bond acceptors (Lipinski definition) is 1. The van der Waals surface area contributed by atoms with E-state index in [2.05, 4.69) is 4.98 Å². The lowest BCUT2D eigenvalue weighted by molar-refractivity contribution is 0.368. The number of nitrogens with zero attached hydrogens (tertiary/aromatic N) is 2. The average molecular weight is 492 g/mol. The van der Waals surface area contributed by atoms with Crippen molar-refractivity contribution < 1.29 is 35.1 Å². The largest absolute Gasteiger partial charge is 0.334 e. The first kappa shape index (κ1) is 22.8. The van der Waals surface area contributed by atoms with E-state index < -0.39 is 58.6 Å². The minimum absolute atomic E-state index is 0.0368. The molecule has 35 heavy (non-hydrogen) atoms. The highest BCUT2D eigenvalue weighted by Crippen LogP contribution is 2.35. The number of pyridine rings is 1. The highest BCUT2D eigenvalue weighted by Gasteiger charge is 2.27. The molecule has 0 bridgehead atoms. The zero-order valence-electron chi connectivity index (χ0n) is 17.7. The predicted molar refractivity (Wildman–Crippen MR) is 113 cm³/mol. The maximum absolute atomic E-state index is 14.4. The fourth-order valence-electron chi connectivity index (χ4n) is 4.24. The van der Waals surface area contributed by atoms with E-state index in [9.17, 15) is 35.1 Å². The lowest BCUT2D eigenvalue weighted by Gasteiger charge is -2.12. The molecule has 0 aliphatic heterocycles. The van der Waals surface area contributed by atoms with E-state index in [1.165, 1.54) is 29.0 Å². The van der Waals surface area contributed by atoms with Crippen LogP contribution in [0.1, 0.15) is 11.3 Å². The van der Waals surface area contributed by atoms with Gasteiger partial charge >= 0.3 is 0 Å². The Morgan fingerprint density at radius 3 is 1.89 bits per heavy atom. The maximum Gasteiger partial charge on any atom is 0.200 e. The van der Waals surface area contributed by atoms with Crippen molar-refractivity contribution in [3.63, 3.8) is 0 Å². The van der Waals surface area contributed by atoms with Crippen LogP contribution in [0.15, 0.2) is 42.6 Å². The molecule has 2 heterocycles. The second-order valence-corrected chi connectivity index (χ2v) is 7.91. The van der Waals surface area contributed by atoms with Crippen LogP contribution in [0.3, 0.4) is 0 Å². The van der Waals surface area contributed by atoms with Gasteiger partial charge in [-0.1, -0.05) is 6.07 Å². The van der Waals surface area contributed by atoms with E-state index in [4.69, 9.17) is 0 Å². The zero-order valence-corrected chi connectivity index (χ0v) is 17.7. The molecule has 0 spiro atoms. The summed E-state index contributed by atoms with van der Waals surface area (Å²) in [5.41, 5.74) is 0.417. The van der Waals surface area contributed by atoms with Crippen LogP contribution in [-0.2, 0) is 6.54 Å².